The van der Waals surface area contributed by atoms with Crippen LogP contribution in [0.15, 0.2) is 0 Å². The van der Waals surface area contributed by atoms with E-state index >= 15 is 0 Å². The zero-order valence-corrected chi connectivity index (χ0v) is 12.1. The third kappa shape index (κ3) is 2.05. The second-order valence-corrected chi connectivity index (χ2v) is 4.94. The smallest absolute Gasteiger partial charge is 0.167 e. The maximum absolute atomic E-state index is 11.8. The second kappa shape index (κ2) is 5.11. The predicted octanol–water partition coefficient (Wildman–Crippen LogP) is 2.64. The van der Waals surface area contributed by atoms with E-state index in [1.165, 1.54) is 0 Å². The molecule has 0 radical (unpaired) electrons. The van der Waals surface area contributed by atoms with Crippen molar-refractivity contribution in [1.29, 1.82) is 0 Å². The molecule has 1 aromatic rings. The summed E-state index contributed by atoms with van der Waals surface area (Å²) in [6, 6.07) is 0. The van der Waals surface area contributed by atoms with Crippen LogP contribution in [0.1, 0.15) is 36.0 Å². The molecule has 1 aliphatic rings. The van der Waals surface area contributed by atoms with E-state index in [-0.39, 0.29) is 11.7 Å². The maximum atomic E-state index is 11.8. The Kier molecular flexibility index (Phi) is 3.69. The Morgan fingerprint density at radius 2 is 1.58 bits per heavy atom. The number of rotatable bonds is 3. The number of ketones is 1. The lowest BCUT2D eigenvalue weighted by Crippen LogP contribution is -2.19. The first-order valence-electron chi connectivity index (χ1n) is 6.38. The van der Waals surface area contributed by atoms with Crippen LogP contribution in [0.3, 0.4) is 0 Å². The van der Waals surface area contributed by atoms with Crippen molar-refractivity contribution >= 4 is 5.78 Å². The van der Waals surface area contributed by atoms with Gasteiger partial charge in [-0.3, -0.25) is 4.79 Å². The monoisotopic (exact) mass is 264 g/mol. The van der Waals surface area contributed by atoms with Gasteiger partial charge in [0.1, 0.15) is 11.5 Å². The van der Waals surface area contributed by atoms with Crippen LogP contribution in [0, 0.1) is 6.92 Å². The SMILES string of the molecule is COc1c(C)c(OC)c(OC)c2c1CC(=O)CC2C. The van der Waals surface area contributed by atoms with Gasteiger partial charge in [-0.2, -0.15) is 0 Å². The van der Waals surface area contributed by atoms with Crippen LogP contribution >= 0.6 is 0 Å². The summed E-state index contributed by atoms with van der Waals surface area (Å²) in [5.74, 6) is 2.53. The van der Waals surface area contributed by atoms with E-state index in [2.05, 4.69) is 0 Å². The topological polar surface area (TPSA) is 44.8 Å². The minimum atomic E-state index is 0.120. The summed E-state index contributed by atoms with van der Waals surface area (Å²) in [4.78, 5) is 11.8. The van der Waals surface area contributed by atoms with Crippen molar-refractivity contribution in [3.05, 3.63) is 16.7 Å². The molecule has 4 nitrogen and oxygen atoms in total. The maximum Gasteiger partial charge on any atom is 0.167 e. The van der Waals surface area contributed by atoms with E-state index in [0.29, 0.717) is 18.6 Å². The number of ether oxygens (including phenoxy) is 3. The first-order chi connectivity index (χ1) is 9.04. The van der Waals surface area contributed by atoms with E-state index in [1.54, 1.807) is 21.3 Å². The Balaban J connectivity index is 2.80. The summed E-state index contributed by atoms with van der Waals surface area (Å²) in [6.45, 7) is 3.96. The van der Waals surface area contributed by atoms with Gasteiger partial charge < -0.3 is 14.2 Å². The fourth-order valence-corrected chi connectivity index (χ4v) is 3.02. The van der Waals surface area contributed by atoms with Gasteiger partial charge in [-0.1, -0.05) is 6.92 Å². The van der Waals surface area contributed by atoms with E-state index < -0.39 is 0 Å². The zero-order valence-electron chi connectivity index (χ0n) is 12.1. The van der Waals surface area contributed by atoms with Crippen LogP contribution in [0.5, 0.6) is 17.2 Å². The fraction of sp³-hybridized carbons (Fsp3) is 0.533. The number of hydrogen-bond acceptors (Lipinski definition) is 4. The molecular formula is C15H20O4. The number of methoxy groups -OCH3 is 3. The highest BCUT2D eigenvalue weighted by Gasteiger charge is 2.32. The molecule has 0 fully saturated rings. The molecule has 0 amide bonds. The Hall–Kier alpha value is -1.71. The summed E-state index contributed by atoms with van der Waals surface area (Å²) in [6.07, 6.45) is 0.947. The molecule has 4 heteroatoms. The van der Waals surface area contributed by atoms with Crippen molar-refractivity contribution in [3.63, 3.8) is 0 Å². The van der Waals surface area contributed by atoms with Crippen molar-refractivity contribution in [3.8, 4) is 17.2 Å². The van der Waals surface area contributed by atoms with E-state index in [9.17, 15) is 4.79 Å². The Morgan fingerprint density at radius 3 is 2.11 bits per heavy atom. The normalized spacial score (nSPS) is 17.9. The van der Waals surface area contributed by atoms with Gasteiger partial charge in [0.25, 0.3) is 0 Å². The Bertz CT molecular complexity index is 520. The van der Waals surface area contributed by atoms with Crippen LogP contribution in [0.2, 0.25) is 0 Å². The average molecular weight is 264 g/mol. The number of benzene rings is 1. The minimum Gasteiger partial charge on any atom is -0.496 e. The number of fused-ring (bicyclic) bond motifs is 1. The van der Waals surface area contributed by atoms with Gasteiger partial charge in [-0.05, 0) is 12.8 Å². The molecule has 1 aliphatic carbocycles. The van der Waals surface area contributed by atoms with Crippen LogP contribution < -0.4 is 14.2 Å². The van der Waals surface area contributed by atoms with Crippen molar-refractivity contribution in [1.82, 2.24) is 0 Å². The van der Waals surface area contributed by atoms with Gasteiger partial charge in [0, 0.05) is 29.5 Å². The van der Waals surface area contributed by atoms with Crippen molar-refractivity contribution < 1.29 is 19.0 Å². The zero-order chi connectivity index (χ0) is 14.2. The molecule has 1 aromatic carbocycles. The fourth-order valence-electron chi connectivity index (χ4n) is 3.02. The van der Waals surface area contributed by atoms with Gasteiger partial charge in [-0.25, -0.2) is 0 Å². The number of Topliss-reactive ketones (excluding diaryl/α,β-unsaturated/α-hetero) is 1. The molecule has 104 valence electrons. The summed E-state index contributed by atoms with van der Waals surface area (Å²) in [5.41, 5.74) is 2.87. The lowest BCUT2D eigenvalue weighted by atomic mass is 9.80. The molecule has 0 saturated carbocycles. The van der Waals surface area contributed by atoms with Crippen LogP contribution in [-0.4, -0.2) is 27.1 Å². The molecule has 0 saturated heterocycles. The van der Waals surface area contributed by atoms with Crippen LogP contribution in [-0.2, 0) is 11.2 Å². The largest absolute Gasteiger partial charge is 0.496 e. The third-order valence-electron chi connectivity index (χ3n) is 3.74. The van der Waals surface area contributed by atoms with Crippen molar-refractivity contribution in [2.75, 3.05) is 21.3 Å². The minimum absolute atomic E-state index is 0.120. The molecule has 1 unspecified atom stereocenters. The molecular weight excluding hydrogens is 244 g/mol. The summed E-state index contributed by atoms with van der Waals surface area (Å²) in [5, 5.41) is 0. The van der Waals surface area contributed by atoms with Crippen molar-refractivity contribution in [2.45, 2.75) is 32.6 Å². The van der Waals surface area contributed by atoms with E-state index in [0.717, 1.165) is 28.2 Å². The van der Waals surface area contributed by atoms with E-state index in [4.69, 9.17) is 14.2 Å². The predicted molar refractivity (Wildman–Crippen MR) is 72.6 cm³/mol. The van der Waals surface area contributed by atoms with Crippen molar-refractivity contribution in [2.24, 2.45) is 0 Å². The van der Waals surface area contributed by atoms with Crippen LogP contribution in [0.25, 0.3) is 0 Å². The lowest BCUT2D eigenvalue weighted by molar-refractivity contribution is -0.119. The molecule has 0 bridgehead atoms. The van der Waals surface area contributed by atoms with Gasteiger partial charge in [-0.15, -0.1) is 0 Å². The highest BCUT2D eigenvalue weighted by Crippen LogP contribution is 2.49. The number of carbonyl (C=O) groups excluding carboxylic acids is 1. The molecule has 0 aromatic heterocycles. The molecule has 19 heavy (non-hydrogen) atoms. The Labute approximate surface area is 113 Å². The molecule has 0 aliphatic heterocycles. The van der Waals surface area contributed by atoms with E-state index in [1.807, 2.05) is 13.8 Å². The molecule has 0 heterocycles. The summed E-state index contributed by atoms with van der Waals surface area (Å²) in [7, 11) is 4.88. The molecule has 0 spiro atoms. The number of hydrogen-bond donors (Lipinski definition) is 0. The van der Waals surface area contributed by atoms with Gasteiger partial charge in [0.2, 0.25) is 0 Å². The first kappa shape index (κ1) is 13.7. The summed E-state index contributed by atoms with van der Waals surface area (Å²) >= 11 is 0. The Morgan fingerprint density at radius 1 is 1.00 bits per heavy atom. The standard InChI is InChI=1S/C15H20O4/c1-8-6-10(16)7-11-12(8)15(19-5)14(18-4)9(2)13(11)17-3/h8H,6-7H2,1-5H3. The average Bonchev–Trinajstić information content (AvgIpc) is 2.37. The van der Waals surface area contributed by atoms with Crippen LogP contribution in [0.4, 0.5) is 0 Å². The van der Waals surface area contributed by atoms with Gasteiger partial charge >= 0.3 is 0 Å². The molecule has 2 rings (SSSR count). The highest BCUT2D eigenvalue weighted by molar-refractivity contribution is 5.86. The highest BCUT2D eigenvalue weighted by atomic mass is 16.5. The third-order valence-corrected chi connectivity index (χ3v) is 3.74. The molecule has 1 atom stereocenters. The van der Waals surface area contributed by atoms with Gasteiger partial charge in [0.15, 0.2) is 11.5 Å². The first-order valence-corrected chi connectivity index (χ1v) is 6.38. The lowest BCUT2D eigenvalue weighted by Gasteiger charge is -2.28. The molecule has 0 N–H and O–H groups in total. The quantitative estimate of drug-likeness (QED) is 0.842. The second-order valence-electron chi connectivity index (χ2n) is 4.94. The number of carbonyl (C=O) groups is 1. The summed E-state index contributed by atoms with van der Waals surface area (Å²) < 4.78 is 16.5. The van der Waals surface area contributed by atoms with Gasteiger partial charge in [0.05, 0.1) is 21.3 Å².